The molecule has 8 heteroatoms. The lowest BCUT2D eigenvalue weighted by Gasteiger charge is -2.30. The van der Waals surface area contributed by atoms with Gasteiger partial charge in [0.2, 0.25) is 0 Å². The molecule has 28 heavy (non-hydrogen) atoms. The summed E-state index contributed by atoms with van der Waals surface area (Å²) in [6.07, 6.45) is 0. The maximum atomic E-state index is 13.0. The van der Waals surface area contributed by atoms with Crippen LogP contribution in [-0.4, -0.2) is 44.2 Å². The molecule has 1 heterocycles. The normalized spacial score (nSPS) is 15.0. The number of nitro benzene ring substituents is 1. The van der Waals surface area contributed by atoms with E-state index in [-0.39, 0.29) is 23.2 Å². The number of amides is 1. The van der Waals surface area contributed by atoms with E-state index in [1.54, 1.807) is 13.2 Å². The second-order valence-electron chi connectivity index (χ2n) is 6.53. The number of hydrogen-bond acceptors (Lipinski definition) is 6. The van der Waals surface area contributed by atoms with Crippen molar-refractivity contribution in [2.75, 3.05) is 38.3 Å². The predicted molar refractivity (Wildman–Crippen MR) is 105 cm³/mol. The number of nitrogens with zero attached hydrogens (tertiary/aromatic N) is 2. The van der Waals surface area contributed by atoms with Crippen LogP contribution < -0.4 is 15.0 Å². The Labute approximate surface area is 163 Å². The number of rotatable bonds is 6. The summed E-state index contributed by atoms with van der Waals surface area (Å²) in [6.45, 7) is 4.24. The predicted octanol–water partition coefficient (Wildman–Crippen LogP) is 2.93. The maximum absolute atomic E-state index is 13.0. The average molecular weight is 385 g/mol. The summed E-state index contributed by atoms with van der Waals surface area (Å²) in [5, 5.41) is 14.1. The quantitative estimate of drug-likeness (QED) is 0.607. The third-order valence-electron chi connectivity index (χ3n) is 4.75. The van der Waals surface area contributed by atoms with Gasteiger partial charge in [-0.25, -0.2) is 0 Å². The number of morpholine rings is 1. The maximum Gasteiger partial charge on any atom is 0.270 e. The smallest absolute Gasteiger partial charge is 0.270 e. The molecule has 148 valence electrons. The number of nitrogens with one attached hydrogen (secondary N) is 1. The Balaban J connectivity index is 1.85. The van der Waals surface area contributed by atoms with Crippen LogP contribution in [0.3, 0.4) is 0 Å². The van der Waals surface area contributed by atoms with Gasteiger partial charge in [0, 0.05) is 25.2 Å². The number of non-ortho nitro benzene ring substituents is 1. The zero-order chi connectivity index (χ0) is 20.1. The van der Waals surface area contributed by atoms with E-state index in [1.807, 2.05) is 36.1 Å². The molecule has 1 N–H and O–H groups in total. The van der Waals surface area contributed by atoms with Crippen LogP contribution in [0, 0.1) is 10.1 Å². The first kappa shape index (κ1) is 19.6. The van der Waals surface area contributed by atoms with Crippen molar-refractivity contribution in [3.63, 3.8) is 0 Å². The van der Waals surface area contributed by atoms with Crippen LogP contribution in [0.15, 0.2) is 42.5 Å². The van der Waals surface area contributed by atoms with Gasteiger partial charge in [-0.2, -0.15) is 0 Å². The highest BCUT2D eigenvalue weighted by Crippen LogP contribution is 2.27. The van der Waals surface area contributed by atoms with Gasteiger partial charge in [0.15, 0.2) is 0 Å². The van der Waals surface area contributed by atoms with Gasteiger partial charge in [0.25, 0.3) is 11.6 Å². The van der Waals surface area contributed by atoms with Crippen molar-refractivity contribution >= 4 is 17.3 Å². The van der Waals surface area contributed by atoms with Crippen molar-refractivity contribution in [1.29, 1.82) is 0 Å². The minimum atomic E-state index is -0.493. The minimum Gasteiger partial charge on any atom is -0.497 e. The molecule has 1 atom stereocenters. The van der Waals surface area contributed by atoms with Gasteiger partial charge in [-0.1, -0.05) is 12.1 Å². The number of carbonyl (C=O) groups excluding carboxylic acids is 1. The summed E-state index contributed by atoms with van der Waals surface area (Å²) < 4.78 is 10.5. The summed E-state index contributed by atoms with van der Waals surface area (Å²) in [7, 11) is 1.59. The SMILES string of the molecule is COc1ccc(C(C)NC(=O)c2cc([N+](=O)[O-])ccc2N2CCOCC2)cc1. The number of ether oxygens (including phenoxy) is 2. The standard InChI is InChI=1S/C20H23N3O5/c1-14(15-3-6-17(27-2)7-4-15)21-20(24)18-13-16(23(25)26)5-8-19(18)22-9-11-28-12-10-22/h3-8,13-14H,9-12H2,1-2H3,(H,21,24). The van der Waals surface area contributed by atoms with Crippen LogP contribution in [0.5, 0.6) is 5.75 Å². The summed E-state index contributed by atoms with van der Waals surface area (Å²) in [6, 6.07) is 11.5. The van der Waals surface area contributed by atoms with E-state index in [0.717, 1.165) is 11.3 Å². The largest absolute Gasteiger partial charge is 0.497 e. The van der Waals surface area contributed by atoms with E-state index < -0.39 is 4.92 Å². The molecule has 1 aliphatic rings. The van der Waals surface area contributed by atoms with E-state index in [1.165, 1.54) is 12.1 Å². The molecule has 1 amide bonds. The van der Waals surface area contributed by atoms with Crippen LogP contribution in [0.1, 0.15) is 28.9 Å². The Bertz CT molecular complexity index is 847. The molecule has 1 saturated heterocycles. The van der Waals surface area contributed by atoms with Gasteiger partial charge in [0.05, 0.1) is 42.5 Å². The van der Waals surface area contributed by atoms with E-state index >= 15 is 0 Å². The number of nitro groups is 1. The van der Waals surface area contributed by atoms with Crippen LogP contribution in [0.4, 0.5) is 11.4 Å². The van der Waals surface area contributed by atoms with Crippen molar-refractivity contribution in [2.24, 2.45) is 0 Å². The fourth-order valence-corrected chi connectivity index (χ4v) is 3.15. The molecule has 0 bridgehead atoms. The highest BCUT2D eigenvalue weighted by atomic mass is 16.6. The number of methoxy groups -OCH3 is 1. The summed E-state index contributed by atoms with van der Waals surface area (Å²) >= 11 is 0. The number of carbonyl (C=O) groups is 1. The van der Waals surface area contributed by atoms with Crippen molar-refractivity contribution < 1.29 is 19.2 Å². The summed E-state index contributed by atoms with van der Waals surface area (Å²) in [5.74, 6) is 0.379. The number of anilines is 1. The molecule has 1 fully saturated rings. The fraction of sp³-hybridized carbons (Fsp3) is 0.350. The second-order valence-corrected chi connectivity index (χ2v) is 6.53. The first-order valence-electron chi connectivity index (χ1n) is 9.05. The molecule has 3 rings (SSSR count). The van der Waals surface area contributed by atoms with Crippen LogP contribution >= 0.6 is 0 Å². The van der Waals surface area contributed by atoms with Gasteiger partial charge < -0.3 is 19.7 Å². The topological polar surface area (TPSA) is 93.9 Å². The van der Waals surface area contributed by atoms with Crippen LogP contribution in [-0.2, 0) is 4.74 Å². The molecular formula is C20H23N3O5. The molecule has 2 aromatic rings. The Hall–Kier alpha value is -3.13. The molecule has 2 aromatic carbocycles. The Morgan fingerprint density at radius 1 is 1.21 bits per heavy atom. The van der Waals surface area contributed by atoms with E-state index in [2.05, 4.69) is 5.32 Å². The summed E-state index contributed by atoms with van der Waals surface area (Å²) in [4.78, 5) is 25.7. The lowest BCUT2D eigenvalue weighted by molar-refractivity contribution is -0.384. The third-order valence-corrected chi connectivity index (χ3v) is 4.75. The molecule has 0 aliphatic carbocycles. The lowest BCUT2D eigenvalue weighted by Crippen LogP contribution is -2.38. The number of benzene rings is 2. The monoisotopic (exact) mass is 385 g/mol. The fourth-order valence-electron chi connectivity index (χ4n) is 3.15. The molecular weight excluding hydrogens is 362 g/mol. The van der Waals surface area contributed by atoms with Gasteiger partial charge in [-0.05, 0) is 30.7 Å². The molecule has 0 aromatic heterocycles. The van der Waals surface area contributed by atoms with Gasteiger partial charge >= 0.3 is 0 Å². The molecule has 1 unspecified atom stereocenters. The third kappa shape index (κ3) is 4.40. The molecule has 0 saturated carbocycles. The zero-order valence-electron chi connectivity index (χ0n) is 15.9. The first-order chi connectivity index (χ1) is 13.5. The highest BCUT2D eigenvalue weighted by molar-refractivity contribution is 6.00. The highest BCUT2D eigenvalue weighted by Gasteiger charge is 2.23. The van der Waals surface area contributed by atoms with E-state index in [4.69, 9.17) is 9.47 Å². The van der Waals surface area contributed by atoms with Crippen molar-refractivity contribution in [3.8, 4) is 5.75 Å². The van der Waals surface area contributed by atoms with E-state index in [9.17, 15) is 14.9 Å². The lowest BCUT2D eigenvalue weighted by atomic mass is 10.1. The van der Waals surface area contributed by atoms with Crippen LogP contribution in [0.25, 0.3) is 0 Å². The van der Waals surface area contributed by atoms with Gasteiger partial charge in [0.1, 0.15) is 5.75 Å². The van der Waals surface area contributed by atoms with Gasteiger partial charge in [-0.3, -0.25) is 14.9 Å². The Morgan fingerprint density at radius 2 is 1.89 bits per heavy atom. The van der Waals surface area contributed by atoms with Crippen molar-refractivity contribution in [2.45, 2.75) is 13.0 Å². The van der Waals surface area contributed by atoms with Gasteiger partial charge in [-0.15, -0.1) is 0 Å². The van der Waals surface area contributed by atoms with Crippen LogP contribution in [0.2, 0.25) is 0 Å². The Kier molecular flexibility index (Phi) is 6.10. The molecule has 1 aliphatic heterocycles. The minimum absolute atomic E-state index is 0.112. The molecule has 0 radical (unpaired) electrons. The molecule has 8 nitrogen and oxygen atoms in total. The van der Waals surface area contributed by atoms with Crippen molar-refractivity contribution in [1.82, 2.24) is 5.32 Å². The average Bonchev–Trinajstić information content (AvgIpc) is 2.73. The Morgan fingerprint density at radius 3 is 2.50 bits per heavy atom. The van der Waals surface area contributed by atoms with Crippen molar-refractivity contribution in [3.05, 3.63) is 63.7 Å². The zero-order valence-corrected chi connectivity index (χ0v) is 15.9. The number of hydrogen-bond donors (Lipinski definition) is 1. The molecule has 0 spiro atoms. The first-order valence-corrected chi connectivity index (χ1v) is 9.05. The summed E-state index contributed by atoms with van der Waals surface area (Å²) in [5.41, 5.74) is 1.76. The second kappa shape index (κ2) is 8.71. The van der Waals surface area contributed by atoms with E-state index in [0.29, 0.717) is 32.0 Å².